The van der Waals surface area contributed by atoms with Crippen molar-refractivity contribution < 1.29 is 13.6 Å². The first kappa shape index (κ1) is 20.1. The molecule has 1 amide bonds. The molecule has 0 aliphatic heterocycles. The highest BCUT2D eigenvalue weighted by Crippen LogP contribution is 2.27. The average molecular weight is 399 g/mol. The summed E-state index contributed by atoms with van der Waals surface area (Å²) in [7, 11) is 0. The Bertz CT molecular complexity index is 987. The highest BCUT2D eigenvalue weighted by Gasteiger charge is 2.26. The van der Waals surface area contributed by atoms with Gasteiger partial charge in [-0.2, -0.15) is 0 Å². The fraction of sp³-hybridized carbons (Fsp3) is 0.286. The molecule has 28 heavy (non-hydrogen) atoms. The summed E-state index contributed by atoms with van der Waals surface area (Å²) in [6.07, 6.45) is 3.41. The van der Waals surface area contributed by atoms with Crippen LogP contribution in [0.4, 0.5) is 4.39 Å². The number of halogens is 1. The minimum absolute atomic E-state index is 0.278. The van der Waals surface area contributed by atoms with Gasteiger partial charge in [-0.05, 0) is 36.9 Å². The van der Waals surface area contributed by atoms with Crippen LogP contribution in [-0.2, 0) is 5.41 Å². The highest BCUT2D eigenvalue weighted by molar-refractivity contribution is 7.98. The normalized spacial score (nSPS) is 11.5. The van der Waals surface area contributed by atoms with Crippen LogP contribution in [0.2, 0.25) is 0 Å². The average Bonchev–Trinajstić information content (AvgIpc) is 3.20. The molecular formula is C21H22FN3O2S. The first-order valence-corrected chi connectivity index (χ1v) is 10.1. The summed E-state index contributed by atoms with van der Waals surface area (Å²) in [5.74, 6) is 0.423. The zero-order valence-corrected chi connectivity index (χ0v) is 17.1. The van der Waals surface area contributed by atoms with Crippen LogP contribution in [0.5, 0.6) is 0 Å². The SMILES string of the molecule is CSc1nc(-c2ccco2)nc(C)c1C(=O)NCC(C)(C)c1ccccc1F. The van der Waals surface area contributed by atoms with Gasteiger partial charge in [0.1, 0.15) is 10.8 Å². The number of furan rings is 1. The van der Waals surface area contributed by atoms with Crippen molar-refractivity contribution in [1.82, 2.24) is 15.3 Å². The molecule has 2 aromatic heterocycles. The lowest BCUT2D eigenvalue weighted by Gasteiger charge is -2.26. The second-order valence-corrected chi connectivity index (χ2v) is 7.84. The Morgan fingerprint density at radius 1 is 1.21 bits per heavy atom. The van der Waals surface area contributed by atoms with Crippen molar-refractivity contribution >= 4 is 17.7 Å². The van der Waals surface area contributed by atoms with E-state index in [-0.39, 0.29) is 18.3 Å². The molecule has 0 aliphatic carbocycles. The van der Waals surface area contributed by atoms with Gasteiger partial charge in [-0.1, -0.05) is 32.0 Å². The van der Waals surface area contributed by atoms with Crippen molar-refractivity contribution in [2.45, 2.75) is 31.2 Å². The van der Waals surface area contributed by atoms with Crippen molar-refractivity contribution in [3.8, 4) is 11.6 Å². The van der Waals surface area contributed by atoms with E-state index in [1.807, 2.05) is 20.1 Å². The molecule has 1 aromatic carbocycles. The quantitative estimate of drug-likeness (QED) is 0.484. The lowest BCUT2D eigenvalue weighted by atomic mass is 9.84. The van der Waals surface area contributed by atoms with Gasteiger partial charge in [0.05, 0.1) is 17.5 Å². The van der Waals surface area contributed by atoms with Crippen molar-refractivity contribution in [2.24, 2.45) is 0 Å². The van der Waals surface area contributed by atoms with E-state index in [9.17, 15) is 9.18 Å². The van der Waals surface area contributed by atoms with Crippen LogP contribution in [-0.4, -0.2) is 28.7 Å². The Balaban J connectivity index is 1.83. The van der Waals surface area contributed by atoms with Gasteiger partial charge in [0.25, 0.3) is 5.91 Å². The summed E-state index contributed by atoms with van der Waals surface area (Å²) in [5, 5.41) is 3.48. The van der Waals surface area contributed by atoms with Gasteiger partial charge in [-0.3, -0.25) is 4.79 Å². The molecule has 0 aliphatic rings. The number of rotatable bonds is 6. The molecule has 0 radical (unpaired) electrons. The van der Waals surface area contributed by atoms with E-state index in [1.165, 1.54) is 17.8 Å². The molecule has 3 rings (SSSR count). The Morgan fingerprint density at radius 2 is 1.96 bits per heavy atom. The van der Waals surface area contributed by atoms with E-state index < -0.39 is 5.41 Å². The fourth-order valence-corrected chi connectivity index (χ4v) is 3.59. The molecule has 146 valence electrons. The van der Waals surface area contributed by atoms with E-state index in [0.29, 0.717) is 33.4 Å². The smallest absolute Gasteiger partial charge is 0.255 e. The largest absolute Gasteiger partial charge is 0.461 e. The van der Waals surface area contributed by atoms with Crippen LogP contribution >= 0.6 is 11.8 Å². The molecule has 0 fully saturated rings. The van der Waals surface area contributed by atoms with Crippen LogP contribution in [0.3, 0.4) is 0 Å². The summed E-state index contributed by atoms with van der Waals surface area (Å²) in [4.78, 5) is 21.8. The monoisotopic (exact) mass is 399 g/mol. The number of thioether (sulfide) groups is 1. The van der Waals surface area contributed by atoms with Crippen LogP contribution in [0.15, 0.2) is 52.1 Å². The van der Waals surface area contributed by atoms with Crippen LogP contribution < -0.4 is 5.32 Å². The molecule has 0 spiro atoms. The number of hydrogen-bond donors (Lipinski definition) is 1. The van der Waals surface area contributed by atoms with Gasteiger partial charge in [0.15, 0.2) is 11.6 Å². The van der Waals surface area contributed by atoms with E-state index >= 15 is 0 Å². The van der Waals surface area contributed by atoms with E-state index in [0.717, 1.165) is 0 Å². The first-order chi connectivity index (χ1) is 13.3. The summed E-state index contributed by atoms with van der Waals surface area (Å²) in [6.45, 7) is 5.83. The highest BCUT2D eigenvalue weighted by atomic mass is 32.2. The van der Waals surface area contributed by atoms with Crippen LogP contribution in [0, 0.1) is 12.7 Å². The summed E-state index contributed by atoms with van der Waals surface area (Å²) in [5.41, 5.74) is 0.976. The zero-order chi connectivity index (χ0) is 20.3. The van der Waals surface area contributed by atoms with Gasteiger partial charge < -0.3 is 9.73 Å². The number of aromatic nitrogens is 2. The zero-order valence-electron chi connectivity index (χ0n) is 16.2. The third-order valence-corrected chi connectivity index (χ3v) is 5.19. The van der Waals surface area contributed by atoms with Crippen LogP contribution in [0.25, 0.3) is 11.6 Å². The van der Waals surface area contributed by atoms with Crippen molar-refractivity contribution in [3.05, 3.63) is 65.3 Å². The van der Waals surface area contributed by atoms with Gasteiger partial charge in [0, 0.05) is 12.0 Å². The molecular weight excluding hydrogens is 377 g/mol. The maximum Gasteiger partial charge on any atom is 0.255 e. The standard InChI is InChI=1S/C21H22FN3O2S/c1-13-17(20(28-4)25-18(24-13)16-10-7-11-27-16)19(26)23-12-21(2,3)14-8-5-6-9-15(14)22/h5-11H,12H2,1-4H3,(H,23,26). The molecule has 2 heterocycles. The lowest BCUT2D eigenvalue weighted by Crippen LogP contribution is -2.38. The van der Waals surface area contributed by atoms with Gasteiger partial charge in [-0.15, -0.1) is 11.8 Å². The number of carbonyl (C=O) groups excluding carboxylic acids is 1. The van der Waals surface area contributed by atoms with E-state index in [4.69, 9.17) is 4.42 Å². The van der Waals surface area contributed by atoms with Crippen molar-refractivity contribution in [2.75, 3.05) is 12.8 Å². The number of aryl methyl sites for hydroxylation is 1. The lowest BCUT2D eigenvalue weighted by molar-refractivity contribution is 0.0940. The topological polar surface area (TPSA) is 68.0 Å². The Hall–Kier alpha value is -2.67. The number of carbonyl (C=O) groups is 1. The molecule has 3 aromatic rings. The molecule has 5 nitrogen and oxygen atoms in total. The molecule has 0 unspecified atom stereocenters. The van der Waals surface area contributed by atoms with Crippen molar-refractivity contribution in [1.29, 1.82) is 0 Å². The van der Waals surface area contributed by atoms with Gasteiger partial charge in [0.2, 0.25) is 0 Å². The molecule has 1 N–H and O–H groups in total. The first-order valence-electron chi connectivity index (χ1n) is 8.83. The number of nitrogens with one attached hydrogen (secondary N) is 1. The molecule has 0 saturated heterocycles. The maximum atomic E-state index is 14.1. The van der Waals surface area contributed by atoms with Gasteiger partial charge >= 0.3 is 0 Å². The van der Waals surface area contributed by atoms with Crippen LogP contribution in [0.1, 0.15) is 35.5 Å². The summed E-state index contributed by atoms with van der Waals surface area (Å²) < 4.78 is 19.5. The fourth-order valence-electron chi connectivity index (χ4n) is 2.97. The minimum Gasteiger partial charge on any atom is -0.461 e. The predicted molar refractivity (Wildman–Crippen MR) is 108 cm³/mol. The van der Waals surface area contributed by atoms with E-state index in [2.05, 4.69) is 15.3 Å². The maximum absolute atomic E-state index is 14.1. The molecule has 0 bridgehead atoms. The Kier molecular flexibility index (Phi) is 5.84. The number of amides is 1. The number of nitrogens with zero attached hydrogens (tertiary/aromatic N) is 2. The predicted octanol–water partition coefficient (Wildman–Crippen LogP) is 4.61. The minimum atomic E-state index is -0.566. The van der Waals surface area contributed by atoms with E-state index in [1.54, 1.807) is 43.5 Å². The molecule has 0 saturated carbocycles. The summed E-state index contributed by atoms with van der Waals surface area (Å²) >= 11 is 1.37. The molecule has 7 heteroatoms. The molecule has 0 atom stereocenters. The second-order valence-electron chi connectivity index (χ2n) is 7.04. The number of benzene rings is 1. The third-order valence-electron chi connectivity index (χ3n) is 4.51. The summed E-state index contributed by atoms with van der Waals surface area (Å²) in [6, 6.07) is 10.1. The second kappa shape index (κ2) is 8.14. The van der Waals surface area contributed by atoms with Crippen molar-refractivity contribution in [3.63, 3.8) is 0 Å². The van der Waals surface area contributed by atoms with Gasteiger partial charge in [-0.25, -0.2) is 14.4 Å². The Morgan fingerprint density at radius 3 is 2.61 bits per heavy atom. The Labute approximate surface area is 167 Å². The number of hydrogen-bond acceptors (Lipinski definition) is 5. The third kappa shape index (κ3) is 4.09.